The van der Waals surface area contributed by atoms with Crippen molar-refractivity contribution in [1.82, 2.24) is 10.3 Å². The van der Waals surface area contributed by atoms with Gasteiger partial charge in [-0.05, 0) is 24.1 Å². The monoisotopic (exact) mass is 274 g/mol. The lowest BCUT2D eigenvalue weighted by Crippen LogP contribution is -2.41. The second-order valence-corrected chi connectivity index (χ2v) is 4.84. The summed E-state index contributed by atoms with van der Waals surface area (Å²) in [7, 11) is 1.32. The Morgan fingerprint density at radius 1 is 1.40 bits per heavy atom. The van der Waals surface area contributed by atoms with E-state index in [0.29, 0.717) is 6.42 Å². The number of carbonyl (C=O) groups excluding carboxylic acids is 2. The highest BCUT2D eigenvalue weighted by Gasteiger charge is 2.21. The van der Waals surface area contributed by atoms with E-state index < -0.39 is 12.0 Å². The molecule has 2 N–H and O–H groups in total. The number of ether oxygens (including phenoxy) is 1. The van der Waals surface area contributed by atoms with E-state index in [2.05, 4.69) is 10.3 Å². The van der Waals surface area contributed by atoms with Crippen LogP contribution in [0.15, 0.2) is 24.4 Å². The molecule has 1 aromatic heterocycles. The van der Waals surface area contributed by atoms with Crippen molar-refractivity contribution in [2.45, 2.75) is 26.3 Å². The first kappa shape index (κ1) is 14.1. The SMILES string of the molecule is COC(=O)[C@@H](Cc1c[nH]c2cc(C)ccc12)NC(C)=O. The molecule has 0 spiro atoms. The molecule has 1 atom stereocenters. The first-order chi connectivity index (χ1) is 9.51. The number of fused-ring (bicyclic) bond motifs is 1. The second kappa shape index (κ2) is 5.77. The number of nitrogens with one attached hydrogen (secondary N) is 2. The Bertz CT molecular complexity index is 646. The number of carbonyl (C=O) groups is 2. The minimum atomic E-state index is -0.669. The molecule has 0 aliphatic heterocycles. The van der Waals surface area contributed by atoms with Crippen LogP contribution in [0.3, 0.4) is 0 Å². The van der Waals surface area contributed by atoms with Crippen molar-refractivity contribution in [2.24, 2.45) is 0 Å². The van der Waals surface area contributed by atoms with Crippen LogP contribution >= 0.6 is 0 Å². The van der Waals surface area contributed by atoms with E-state index in [-0.39, 0.29) is 5.91 Å². The summed E-state index contributed by atoms with van der Waals surface area (Å²) in [6, 6.07) is 5.41. The van der Waals surface area contributed by atoms with Crippen molar-refractivity contribution in [3.8, 4) is 0 Å². The number of amides is 1. The van der Waals surface area contributed by atoms with Crippen molar-refractivity contribution < 1.29 is 14.3 Å². The Balaban J connectivity index is 2.28. The molecule has 1 amide bonds. The maximum Gasteiger partial charge on any atom is 0.328 e. The summed E-state index contributed by atoms with van der Waals surface area (Å²) in [5.41, 5.74) is 3.16. The topological polar surface area (TPSA) is 71.2 Å². The van der Waals surface area contributed by atoms with E-state index in [1.165, 1.54) is 14.0 Å². The van der Waals surface area contributed by atoms with Crippen molar-refractivity contribution >= 4 is 22.8 Å². The number of hydrogen-bond donors (Lipinski definition) is 2. The molecular formula is C15H18N2O3. The van der Waals surface area contributed by atoms with Crippen molar-refractivity contribution in [1.29, 1.82) is 0 Å². The van der Waals surface area contributed by atoms with Gasteiger partial charge in [0.2, 0.25) is 5.91 Å². The van der Waals surface area contributed by atoms with Crippen molar-refractivity contribution in [3.05, 3.63) is 35.5 Å². The first-order valence-corrected chi connectivity index (χ1v) is 6.43. The molecule has 0 radical (unpaired) electrons. The van der Waals surface area contributed by atoms with Crippen LogP contribution in [0, 0.1) is 6.92 Å². The third kappa shape index (κ3) is 2.99. The normalized spacial score (nSPS) is 12.2. The van der Waals surface area contributed by atoms with E-state index in [1.807, 2.05) is 31.3 Å². The average molecular weight is 274 g/mol. The Hall–Kier alpha value is -2.30. The van der Waals surface area contributed by atoms with Gasteiger partial charge in [-0.15, -0.1) is 0 Å². The molecule has 0 fully saturated rings. The number of aryl methyl sites for hydroxylation is 1. The van der Waals surface area contributed by atoms with Gasteiger partial charge in [0.15, 0.2) is 0 Å². The van der Waals surface area contributed by atoms with Gasteiger partial charge in [-0.25, -0.2) is 4.79 Å². The maximum atomic E-state index is 11.7. The Morgan fingerprint density at radius 3 is 2.80 bits per heavy atom. The Kier molecular flexibility index (Phi) is 4.08. The predicted octanol–water partition coefficient (Wildman–Crippen LogP) is 1.70. The summed E-state index contributed by atoms with van der Waals surface area (Å²) < 4.78 is 4.73. The fourth-order valence-corrected chi connectivity index (χ4v) is 2.27. The Morgan fingerprint density at radius 2 is 2.15 bits per heavy atom. The number of aromatic nitrogens is 1. The molecule has 0 bridgehead atoms. The maximum absolute atomic E-state index is 11.7. The molecule has 20 heavy (non-hydrogen) atoms. The van der Waals surface area contributed by atoms with Crippen LogP contribution in [0.2, 0.25) is 0 Å². The van der Waals surface area contributed by atoms with Crippen LogP contribution in [-0.4, -0.2) is 30.0 Å². The zero-order valence-electron chi connectivity index (χ0n) is 11.8. The largest absolute Gasteiger partial charge is 0.467 e. The van der Waals surface area contributed by atoms with Crippen LogP contribution < -0.4 is 5.32 Å². The van der Waals surface area contributed by atoms with E-state index in [1.54, 1.807) is 0 Å². The summed E-state index contributed by atoms with van der Waals surface area (Å²) in [4.78, 5) is 26.1. The molecule has 106 valence electrons. The van der Waals surface area contributed by atoms with Crippen LogP contribution in [0.1, 0.15) is 18.1 Å². The summed E-state index contributed by atoms with van der Waals surface area (Å²) in [6.07, 6.45) is 2.26. The highest BCUT2D eigenvalue weighted by molar-refractivity contribution is 5.87. The summed E-state index contributed by atoms with van der Waals surface area (Å²) in [5.74, 6) is -0.697. The Labute approximate surface area is 117 Å². The predicted molar refractivity (Wildman–Crippen MR) is 76.4 cm³/mol. The number of rotatable bonds is 4. The van der Waals surface area contributed by atoms with Gasteiger partial charge >= 0.3 is 5.97 Å². The van der Waals surface area contributed by atoms with Crippen molar-refractivity contribution in [2.75, 3.05) is 7.11 Å². The molecule has 0 saturated carbocycles. The number of benzene rings is 1. The van der Waals surface area contributed by atoms with Crippen LogP contribution in [0.4, 0.5) is 0 Å². The zero-order valence-corrected chi connectivity index (χ0v) is 11.8. The quantitative estimate of drug-likeness (QED) is 0.834. The first-order valence-electron chi connectivity index (χ1n) is 6.43. The minimum Gasteiger partial charge on any atom is -0.467 e. The summed E-state index contributed by atoms with van der Waals surface area (Å²) in [5, 5.41) is 3.67. The zero-order chi connectivity index (χ0) is 14.7. The fourth-order valence-electron chi connectivity index (χ4n) is 2.27. The molecule has 2 aromatic rings. The number of esters is 1. The molecule has 2 rings (SSSR count). The smallest absolute Gasteiger partial charge is 0.328 e. The van der Waals surface area contributed by atoms with Crippen LogP contribution in [0.25, 0.3) is 10.9 Å². The molecular weight excluding hydrogens is 256 g/mol. The van der Waals surface area contributed by atoms with Crippen LogP contribution in [0.5, 0.6) is 0 Å². The van der Waals surface area contributed by atoms with Gasteiger partial charge in [0.1, 0.15) is 6.04 Å². The van der Waals surface area contributed by atoms with Gasteiger partial charge in [0.05, 0.1) is 7.11 Å². The van der Waals surface area contributed by atoms with E-state index in [4.69, 9.17) is 4.74 Å². The second-order valence-electron chi connectivity index (χ2n) is 4.84. The molecule has 5 nitrogen and oxygen atoms in total. The fraction of sp³-hybridized carbons (Fsp3) is 0.333. The summed E-state index contributed by atoms with van der Waals surface area (Å²) >= 11 is 0. The van der Waals surface area contributed by atoms with E-state index in [9.17, 15) is 9.59 Å². The highest BCUT2D eigenvalue weighted by atomic mass is 16.5. The van der Waals surface area contributed by atoms with Gasteiger partial charge < -0.3 is 15.0 Å². The standard InChI is InChI=1S/C15H18N2O3/c1-9-4-5-12-11(8-16-13(12)6-9)7-14(15(19)20-3)17-10(2)18/h4-6,8,14,16H,7H2,1-3H3,(H,17,18)/t14-/m1/s1. The van der Waals surface area contributed by atoms with Gasteiger partial charge in [0.25, 0.3) is 0 Å². The highest BCUT2D eigenvalue weighted by Crippen LogP contribution is 2.21. The summed E-state index contributed by atoms with van der Waals surface area (Å²) in [6.45, 7) is 3.41. The minimum absolute atomic E-state index is 0.254. The number of methoxy groups -OCH3 is 1. The number of aromatic amines is 1. The van der Waals surface area contributed by atoms with Gasteiger partial charge in [-0.1, -0.05) is 12.1 Å². The molecule has 0 unspecified atom stereocenters. The van der Waals surface area contributed by atoms with Gasteiger partial charge in [0, 0.05) is 30.4 Å². The van der Waals surface area contributed by atoms with E-state index in [0.717, 1.165) is 22.0 Å². The molecule has 5 heteroatoms. The lowest BCUT2D eigenvalue weighted by atomic mass is 10.0. The van der Waals surface area contributed by atoms with Gasteiger partial charge in [-0.3, -0.25) is 4.79 Å². The third-order valence-corrected chi connectivity index (χ3v) is 3.21. The van der Waals surface area contributed by atoms with E-state index >= 15 is 0 Å². The lowest BCUT2D eigenvalue weighted by Gasteiger charge is -2.14. The molecule has 0 saturated heterocycles. The molecule has 1 aromatic carbocycles. The third-order valence-electron chi connectivity index (χ3n) is 3.21. The van der Waals surface area contributed by atoms with Crippen molar-refractivity contribution in [3.63, 3.8) is 0 Å². The molecule has 0 aliphatic carbocycles. The average Bonchev–Trinajstić information content (AvgIpc) is 2.78. The molecule has 1 heterocycles. The number of H-pyrrole nitrogens is 1. The number of hydrogen-bond acceptors (Lipinski definition) is 3. The van der Waals surface area contributed by atoms with Crippen LogP contribution in [-0.2, 0) is 20.7 Å². The molecule has 0 aliphatic rings. The van der Waals surface area contributed by atoms with Gasteiger partial charge in [-0.2, -0.15) is 0 Å². The lowest BCUT2D eigenvalue weighted by molar-refractivity contribution is -0.144.